The fourth-order valence-corrected chi connectivity index (χ4v) is 1.71. The van der Waals surface area contributed by atoms with E-state index in [4.69, 9.17) is 11.6 Å². The molecule has 2 aromatic rings. The molecule has 0 fully saturated rings. The third-order valence-electron chi connectivity index (χ3n) is 2.13. The average Bonchev–Trinajstić information content (AvgIpc) is 2.53. The second-order valence-electron chi connectivity index (χ2n) is 3.41. The monoisotopic (exact) mass is 194 g/mol. The van der Waals surface area contributed by atoms with Crippen LogP contribution in [0.25, 0.3) is 10.9 Å². The SMILES string of the molecule is CC(C)c1ncc(Cl)c2[nH]ccc12. The van der Waals surface area contributed by atoms with Gasteiger partial charge in [0.25, 0.3) is 0 Å². The first-order valence-corrected chi connectivity index (χ1v) is 4.69. The second kappa shape index (κ2) is 3.04. The quantitative estimate of drug-likeness (QED) is 0.741. The maximum absolute atomic E-state index is 5.98. The lowest BCUT2D eigenvalue weighted by molar-refractivity contribution is 0.835. The molecular formula is C10H11ClN2. The van der Waals surface area contributed by atoms with Crippen LogP contribution >= 0.6 is 11.6 Å². The van der Waals surface area contributed by atoms with Gasteiger partial charge in [-0.15, -0.1) is 0 Å². The zero-order chi connectivity index (χ0) is 9.42. The molecule has 2 rings (SSSR count). The van der Waals surface area contributed by atoms with Crippen molar-refractivity contribution in [3.05, 3.63) is 29.2 Å². The van der Waals surface area contributed by atoms with Gasteiger partial charge in [0.1, 0.15) is 0 Å². The Labute approximate surface area is 81.9 Å². The van der Waals surface area contributed by atoms with Gasteiger partial charge in [-0.05, 0) is 12.0 Å². The first kappa shape index (κ1) is 8.57. The Hall–Kier alpha value is -1.02. The van der Waals surface area contributed by atoms with Crippen molar-refractivity contribution in [1.82, 2.24) is 9.97 Å². The van der Waals surface area contributed by atoms with Crippen LogP contribution in [0.4, 0.5) is 0 Å². The van der Waals surface area contributed by atoms with E-state index in [1.165, 1.54) is 0 Å². The summed E-state index contributed by atoms with van der Waals surface area (Å²) in [5.74, 6) is 0.426. The molecule has 0 saturated heterocycles. The second-order valence-corrected chi connectivity index (χ2v) is 3.82. The molecule has 2 heterocycles. The lowest BCUT2D eigenvalue weighted by Gasteiger charge is -2.05. The zero-order valence-electron chi connectivity index (χ0n) is 7.63. The number of aromatic amines is 1. The highest BCUT2D eigenvalue weighted by atomic mass is 35.5. The summed E-state index contributed by atoms with van der Waals surface area (Å²) in [5, 5.41) is 1.81. The van der Waals surface area contributed by atoms with Crippen molar-refractivity contribution in [2.45, 2.75) is 19.8 Å². The summed E-state index contributed by atoms with van der Waals surface area (Å²) in [6.07, 6.45) is 3.60. The Kier molecular flexibility index (Phi) is 2.00. The number of hydrogen-bond acceptors (Lipinski definition) is 1. The molecule has 0 aliphatic heterocycles. The average molecular weight is 195 g/mol. The normalized spacial score (nSPS) is 11.4. The number of hydrogen-bond donors (Lipinski definition) is 1. The van der Waals surface area contributed by atoms with Gasteiger partial charge >= 0.3 is 0 Å². The Bertz CT molecular complexity index is 431. The highest BCUT2D eigenvalue weighted by Crippen LogP contribution is 2.27. The number of halogens is 1. The van der Waals surface area contributed by atoms with Crippen molar-refractivity contribution in [2.24, 2.45) is 0 Å². The molecule has 2 nitrogen and oxygen atoms in total. The van der Waals surface area contributed by atoms with E-state index >= 15 is 0 Å². The van der Waals surface area contributed by atoms with Crippen LogP contribution in [0.1, 0.15) is 25.5 Å². The van der Waals surface area contributed by atoms with Crippen molar-refractivity contribution in [1.29, 1.82) is 0 Å². The fraction of sp³-hybridized carbons (Fsp3) is 0.300. The number of H-pyrrole nitrogens is 1. The van der Waals surface area contributed by atoms with Crippen molar-refractivity contribution in [2.75, 3.05) is 0 Å². The van der Waals surface area contributed by atoms with Crippen LogP contribution in [0.15, 0.2) is 18.5 Å². The van der Waals surface area contributed by atoms with Gasteiger partial charge in [0.2, 0.25) is 0 Å². The van der Waals surface area contributed by atoms with Crippen LogP contribution in [0.5, 0.6) is 0 Å². The molecule has 0 atom stereocenters. The predicted molar refractivity (Wildman–Crippen MR) is 55.2 cm³/mol. The van der Waals surface area contributed by atoms with E-state index in [0.29, 0.717) is 10.9 Å². The number of nitrogens with one attached hydrogen (secondary N) is 1. The first-order valence-electron chi connectivity index (χ1n) is 4.31. The fourth-order valence-electron chi connectivity index (χ4n) is 1.50. The summed E-state index contributed by atoms with van der Waals surface area (Å²) in [5.41, 5.74) is 2.08. The molecule has 0 aliphatic rings. The van der Waals surface area contributed by atoms with Crippen molar-refractivity contribution in [3.63, 3.8) is 0 Å². The highest BCUT2D eigenvalue weighted by molar-refractivity contribution is 6.35. The molecule has 0 radical (unpaired) electrons. The first-order chi connectivity index (χ1) is 6.20. The third-order valence-corrected chi connectivity index (χ3v) is 2.41. The minimum atomic E-state index is 0.426. The number of pyridine rings is 1. The largest absolute Gasteiger partial charge is 0.360 e. The predicted octanol–water partition coefficient (Wildman–Crippen LogP) is 3.34. The Morgan fingerprint density at radius 1 is 1.46 bits per heavy atom. The molecule has 1 N–H and O–H groups in total. The summed E-state index contributed by atoms with van der Waals surface area (Å²) in [6, 6.07) is 2.02. The van der Waals surface area contributed by atoms with Crippen molar-refractivity contribution >= 4 is 22.5 Å². The smallest absolute Gasteiger partial charge is 0.0830 e. The highest BCUT2D eigenvalue weighted by Gasteiger charge is 2.09. The van der Waals surface area contributed by atoms with E-state index in [-0.39, 0.29) is 0 Å². The maximum atomic E-state index is 5.98. The molecule has 0 aliphatic carbocycles. The van der Waals surface area contributed by atoms with Gasteiger partial charge in [-0.25, -0.2) is 0 Å². The van der Waals surface area contributed by atoms with Crippen molar-refractivity contribution in [3.8, 4) is 0 Å². The molecule has 0 spiro atoms. The maximum Gasteiger partial charge on any atom is 0.0830 e. The minimum Gasteiger partial charge on any atom is -0.360 e. The molecule has 0 amide bonds. The van der Waals surface area contributed by atoms with Gasteiger partial charge in [-0.3, -0.25) is 4.98 Å². The van der Waals surface area contributed by atoms with Gasteiger partial charge in [0.05, 0.1) is 16.2 Å². The summed E-state index contributed by atoms with van der Waals surface area (Å²) in [4.78, 5) is 7.44. The van der Waals surface area contributed by atoms with Crippen LogP contribution in [0, 0.1) is 0 Å². The van der Waals surface area contributed by atoms with Crippen LogP contribution in [-0.2, 0) is 0 Å². The van der Waals surface area contributed by atoms with Gasteiger partial charge in [-0.2, -0.15) is 0 Å². The van der Waals surface area contributed by atoms with Gasteiger partial charge in [0, 0.05) is 17.8 Å². The number of aromatic nitrogens is 2. The molecule has 13 heavy (non-hydrogen) atoms. The van der Waals surface area contributed by atoms with E-state index in [9.17, 15) is 0 Å². The summed E-state index contributed by atoms with van der Waals surface area (Å²) in [7, 11) is 0. The van der Waals surface area contributed by atoms with E-state index < -0.39 is 0 Å². The molecule has 68 valence electrons. The van der Waals surface area contributed by atoms with Gasteiger partial charge in [0.15, 0.2) is 0 Å². The van der Waals surface area contributed by atoms with Crippen LogP contribution < -0.4 is 0 Å². The van der Waals surface area contributed by atoms with Crippen LogP contribution in [0.2, 0.25) is 5.02 Å². The van der Waals surface area contributed by atoms with Crippen LogP contribution in [-0.4, -0.2) is 9.97 Å². The molecule has 2 aromatic heterocycles. The molecular weight excluding hydrogens is 184 g/mol. The molecule has 0 aromatic carbocycles. The topological polar surface area (TPSA) is 28.7 Å². The van der Waals surface area contributed by atoms with E-state index in [0.717, 1.165) is 16.6 Å². The van der Waals surface area contributed by atoms with E-state index in [2.05, 4.69) is 23.8 Å². The number of rotatable bonds is 1. The summed E-state index contributed by atoms with van der Waals surface area (Å²) >= 11 is 5.98. The molecule has 0 bridgehead atoms. The Morgan fingerprint density at radius 2 is 2.23 bits per heavy atom. The lowest BCUT2D eigenvalue weighted by atomic mass is 10.1. The number of fused-ring (bicyclic) bond motifs is 1. The standard InChI is InChI=1S/C10H11ClN2/c1-6(2)9-7-3-4-12-10(7)8(11)5-13-9/h3-6,12H,1-2H3. The zero-order valence-corrected chi connectivity index (χ0v) is 8.39. The molecule has 0 unspecified atom stereocenters. The summed E-state index contributed by atoms with van der Waals surface area (Å²) in [6.45, 7) is 4.26. The summed E-state index contributed by atoms with van der Waals surface area (Å²) < 4.78 is 0. The molecule has 3 heteroatoms. The number of nitrogens with zero attached hydrogens (tertiary/aromatic N) is 1. The lowest BCUT2D eigenvalue weighted by Crippen LogP contribution is -1.92. The van der Waals surface area contributed by atoms with E-state index in [1.807, 2.05) is 12.3 Å². The van der Waals surface area contributed by atoms with Crippen LogP contribution in [0.3, 0.4) is 0 Å². The Balaban J connectivity index is 2.78. The minimum absolute atomic E-state index is 0.426. The third kappa shape index (κ3) is 1.31. The van der Waals surface area contributed by atoms with E-state index in [1.54, 1.807) is 6.20 Å². The van der Waals surface area contributed by atoms with Crippen molar-refractivity contribution < 1.29 is 0 Å². The molecule has 0 saturated carbocycles. The van der Waals surface area contributed by atoms with Gasteiger partial charge in [-0.1, -0.05) is 25.4 Å². The van der Waals surface area contributed by atoms with Gasteiger partial charge < -0.3 is 4.98 Å². The Morgan fingerprint density at radius 3 is 2.92 bits per heavy atom.